The average molecular weight is 222 g/mol. The maximum atomic E-state index is 10.9. The highest BCUT2D eigenvalue weighted by molar-refractivity contribution is 7.88. The van der Waals surface area contributed by atoms with Crippen LogP contribution in [0.3, 0.4) is 0 Å². The molecule has 2 N–H and O–H groups in total. The molecule has 1 amide bonds. The largest absolute Gasteiger partial charge is 0.465 e. The van der Waals surface area contributed by atoms with Gasteiger partial charge in [-0.25, -0.2) is 13.2 Å². The molecule has 0 bridgehead atoms. The number of amides is 1. The van der Waals surface area contributed by atoms with E-state index < -0.39 is 22.3 Å². The number of hydrogen-bond acceptors (Lipinski definition) is 3. The van der Waals surface area contributed by atoms with Crippen LogP contribution in [-0.4, -0.2) is 43.5 Å². The molecule has 0 aliphatic carbocycles. The molecule has 0 radical (unpaired) electrons. The van der Waals surface area contributed by atoms with E-state index in [1.165, 1.54) is 0 Å². The number of piperidine rings is 1. The number of likely N-dealkylation sites (tertiary alicyclic amines) is 1. The molecule has 1 fully saturated rings. The van der Waals surface area contributed by atoms with Crippen molar-refractivity contribution in [1.82, 2.24) is 9.62 Å². The molecule has 0 aromatic rings. The van der Waals surface area contributed by atoms with Crippen molar-refractivity contribution < 1.29 is 18.3 Å². The van der Waals surface area contributed by atoms with Gasteiger partial charge in [0.2, 0.25) is 10.0 Å². The zero-order valence-corrected chi connectivity index (χ0v) is 8.75. The van der Waals surface area contributed by atoms with Crippen molar-refractivity contribution in [3.8, 4) is 0 Å². The normalized spacial score (nSPS) is 23.5. The number of sulfonamides is 1. The van der Waals surface area contributed by atoms with Crippen LogP contribution in [-0.2, 0) is 10.0 Å². The van der Waals surface area contributed by atoms with Crippen molar-refractivity contribution >= 4 is 16.1 Å². The van der Waals surface area contributed by atoms with Gasteiger partial charge >= 0.3 is 6.09 Å². The van der Waals surface area contributed by atoms with Crippen LogP contribution in [0.5, 0.6) is 0 Å². The molecule has 14 heavy (non-hydrogen) atoms. The van der Waals surface area contributed by atoms with E-state index in [-0.39, 0.29) is 0 Å². The van der Waals surface area contributed by atoms with Crippen molar-refractivity contribution in [1.29, 1.82) is 0 Å². The van der Waals surface area contributed by atoms with Gasteiger partial charge in [-0.2, -0.15) is 4.72 Å². The summed E-state index contributed by atoms with van der Waals surface area (Å²) in [6.45, 7) is 0.391. The summed E-state index contributed by atoms with van der Waals surface area (Å²) in [6, 6.07) is 0. The molecule has 1 atom stereocenters. The van der Waals surface area contributed by atoms with Crippen LogP contribution in [0.1, 0.15) is 19.3 Å². The van der Waals surface area contributed by atoms with Crippen LogP contribution >= 0.6 is 0 Å². The van der Waals surface area contributed by atoms with Crippen LogP contribution in [0.2, 0.25) is 0 Å². The lowest BCUT2D eigenvalue weighted by Gasteiger charge is -2.33. The van der Waals surface area contributed by atoms with Gasteiger partial charge in [0.15, 0.2) is 0 Å². The Kier molecular flexibility index (Phi) is 3.33. The van der Waals surface area contributed by atoms with Crippen LogP contribution in [0.25, 0.3) is 0 Å². The van der Waals surface area contributed by atoms with E-state index in [9.17, 15) is 13.2 Å². The van der Waals surface area contributed by atoms with Crippen LogP contribution in [0.15, 0.2) is 0 Å². The lowest BCUT2D eigenvalue weighted by molar-refractivity contribution is 0.103. The molecule has 1 heterocycles. The SMILES string of the molecule is CS(=O)(=O)NC1CCCCN1C(=O)O. The van der Waals surface area contributed by atoms with E-state index in [2.05, 4.69) is 4.72 Å². The van der Waals surface area contributed by atoms with Gasteiger partial charge in [0.1, 0.15) is 0 Å². The van der Waals surface area contributed by atoms with Gasteiger partial charge in [-0.15, -0.1) is 0 Å². The minimum Gasteiger partial charge on any atom is -0.465 e. The monoisotopic (exact) mass is 222 g/mol. The summed E-state index contributed by atoms with van der Waals surface area (Å²) >= 11 is 0. The summed E-state index contributed by atoms with van der Waals surface area (Å²) in [5.41, 5.74) is 0. The Balaban J connectivity index is 2.68. The first-order chi connectivity index (χ1) is 6.40. The third-order valence-electron chi connectivity index (χ3n) is 2.10. The molecule has 0 aromatic heterocycles. The number of rotatable bonds is 2. The highest BCUT2D eigenvalue weighted by Crippen LogP contribution is 2.15. The summed E-state index contributed by atoms with van der Waals surface area (Å²) in [4.78, 5) is 11.9. The standard InChI is InChI=1S/C7H14N2O4S/c1-14(12,13)8-6-4-2-3-5-9(6)7(10)11/h6,8H,2-5H2,1H3,(H,10,11). The van der Waals surface area contributed by atoms with Gasteiger partial charge in [-0.3, -0.25) is 4.90 Å². The number of nitrogens with zero attached hydrogens (tertiary/aromatic N) is 1. The Labute approximate surface area is 82.9 Å². The number of carbonyl (C=O) groups is 1. The number of hydrogen-bond donors (Lipinski definition) is 2. The molecular formula is C7H14N2O4S. The summed E-state index contributed by atoms with van der Waals surface area (Å²) in [6.07, 6.45) is 1.52. The summed E-state index contributed by atoms with van der Waals surface area (Å²) < 4.78 is 24.2. The third kappa shape index (κ3) is 3.15. The highest BCUT2D eigenvalue weighted by atomic mass is 32.2. The molecule has 1 aliphatic rings. The van der Waals surface area contributed by atoms with E-state index in [4.69, 9.17) is 5.11 Å². The Morgan fingerprint density at radius 1 is 1.50 bits per heavy atom. The first-order valence-corrected chi connectivity index (χ1v) is 6.26. The first kappa shape index (κ1) is 11.3. The van der Waals surface area contributed by atoms with Gasteiger partial charge in [0, 0.05) is 6.54 Å². The van der Waals surface area contributed by atoms with Crippen molar-refractivity contribution in [2.45, 2.75) is 25.4 Å². The van der Waals surface area contributed by atoms with Gasteiger partial charge in [0.05, 0.1) is 12.4 Å². The molecule has 0 saturated carbocycles. The maximum Gasteiger partial charge on any atom is 0.408 e. The second kappa shape index (κ2) is 4.14. The average Bonchev–Trinajstić information content (AvgIpc) is 2.01. The maximum absolute atomic E-state index is 10.9. The molecule has 0 spiro atoms. The second-order valence-corrected chi connectivity index (χ2v) is 5.16. The first-order valence-electron chi connectivity index (χ1n) is 4.37. The number of nitrogens with one attached hydrogen (secondary N) is 1. The van der Waals surface area contributed by atoms with Gasteiger partial charge in [0.25, 0.3) is 0 Å². The Hall–Kier alpha value is -0.820. The molecule has 0 aromatic carbocycles. The summed E-state index contributed by atoms with van der Waals surface area (Å²) in [7, 11) is -3.35. The van der Waals surface area contributed by atoms with Crippen molar-refractivity contribution in [3.63, 3.8) is 0 Å². The topological polar surface area (TPSA) is 86.7 Å². The van der Waals surface area contributed by atoms with Gasteiger partial charge < -0.3 is 5.11 Å². The lowest BCUT2D eigenvalue weighted by atomic mass is 10.1. The Morgan fingerprint density at radius 3 is 2.64 bits per heavy atom. The van der Waals surface area contributed by atoms with E-state index in [1.807, 2.05) is 0 Å². The molecule has 82 valence electrons. The van der Waals surface area contributed by atoms with Crippen molar-refractivity contribution in [3.05, 3.63) is 0 Å². The van der Waals surface area contributed by atoms with E-state index in [0.29, 0.717) is 13.0 Å². The molecule has 7 heteroatoms. The molecule has 6 nitrogen and oxygen atoms in total. The Bertz CT molecular complexity index is 314. The van der Waals surface area contributed by atoms with Crippen LogP contribution in [0, 0.1) is 0 Å². The minimum atomic E-state index is -3.35. The quantitative estimate of drug-likeness (QED) is 0.690. The Morgan fingerprint density at radius 2 is 2.14 bits per heavy atom. The zero-order valence-electron chi connectivity index (χ0n) is 7.93. The summed E-state index contributed by atoms with van der Waals surface area (Å²) in [5, 5.41) is 8.80. The van der Waals surface area contributed by atoms with Gasteiger partial charge in [-0.1, -0.05) is 0 Å². The minimum absolute atomic E-state index is 0.391. The van der Waals surface area contributed by atoms with E-state index in [1.54, 1.807) is 0 Å². The smallest absolute Gasteiger partial charge is 0.408 e. The fraction of sp³-hybridized carbons (Fsp3) is 0.857. The molecule has 1 saturated heterocycles. The third-order valence-corrected chi connectivity index (χ3v) is 2.80. The van der Waals surface area contributed by atoms with E-state index in [0.717, 1.165) is 24.0 Å². The summed E-state index contributed by atoms with van der Waals surface area (Å²) in [5.74, 6) is 0. The molecule has 1 rings (SSSR count). The lowest BCUT2D eigenvalue weighted by Crippen LogP contribution is -2.52. The molecule has 1 aliphatic heterocycles. The predicted octanol–water partition coefficient (Wildman–Crippen LogP) is 0.0256. The molecular weight excluding hydrogens is 208 g/mol. The van der Waals surface area contributed by atoms with E-state index >= 15 is 0 Å². The van der Waals surface area contributed by atoms with Crippen molar-refractivity contribution in [2.75, 3.05) is 12.8 Å². The highest BCUT2D eigenvalue weighted by Gasteiger charge is 2.28. The fourth-order valence-electron chi connectivity index (χ4n) is 1.53. The number of carboxylic acid groups (broad SMARTS) is 1. The van der Waals surface area contributed by atoms with Crippen LogP contribution < -0.4 is 4.72 Å². The fourth-order valence-corrected chi connectivity index (χ4v) is 2.27. The molecule has 1 unspecified atom stereocenters. The zero-order chi connectivity index (χ0) is 10.8. The van der Waals surface area contributed by atoms with Crippen molar-refractivity contribution in [2.24, 2.45) is 0 Å². The predicted molar refractivity (Wildman–Crippen MR) is 50.3 cm³/mol. The van der Waals surface area contributed by atoms with Gasteiger partial charge in [-0.05, 0) is 19.3 Å². The second-order valence-electron chi connectivity index (χ2n) is 3.38. The van der Waals surface area contributed by atoms with Crippen LogP contribution in [0.4, 0.5) is 4.79 Å².